The Bertz CT molecular complexity index is 351. The Morgan fingerprint density at radius 1 is 1.47 bits per heavy atom. The Morgan fingerprint density at radius 3 is 2.80 bits per heavy atom. The van der Waals surface area contributed by atoms with Crippen molar-refractivity contribution in [2.24, 2.45) is 17.2 Å². The van der Waals surface area contributed by atoms with Gasteiger partial charge < -0.3 is 0 Å². The minimum Gasteiger partial charge on any atom is -0.300 e. The van der Waals surface area contributed by atoms with E-state index in [4.69, 9.17) is 5.84 Å². The molecule has 0 aliphatic heterocycles. The zero-order valence-corrected chi connectivity index (χ0v) is 10.4. The highest BCUT2D eigenvalue weighted by Crippen LogP contribution is 2.39. The van der Waals surface area contributed by atoms with Crippen LogP contribution in [0.1, 0.15) is 37.8 Å². The standard InChI is InChI=1S/C11H19N3S/c1-11(2,3)7-4-5-8-9(6-7)15-10(13-8)14-12/h7H,4-6,12H2,1-3H3,(H,13,14). The number of hydrogen-bond acceptors (Lipinski definition) is 4. The van der Waals surface area contributed by atoms with Crippen molar-refractivity contribution in [3.05, 3.63) is 10.6 Å². The molecular weight excluding hydrogens is 206 g/mol. The van der Waals surface area contributed by atoms with Gasteiger partial charge in [-0.15, -0.1) is 11.3 Å². The van der Waals surface area contributed by atoms with E-state index >= 15 is 0 Å². The van der Waals surface area contributed by atoms with Gasteiger partial charge in [-0.3, -0.25) is 5.43 Å². The summed E-state index contributed by atoms with van der Waals surface area (Å²) in [6.07, 6.45) is 3.53. The number of hydrogen-bond donors (Lipinski definition) is 2. The van der Waals surface area contributed by atoms with Crippen LogP contribution in [0.4, 0.5) is 5.13 Å². The molecule has 2 rings (SSSR count). The van der Waals surface area contributed by atoms with Gasteiger partial charge in [0.05, 0.1) is 5.69 Å². The normalized spacial score (nSPS) is 21.2. The van der Waals surface area contributed by atoms with Crippen LogP contribution in [-0.4, -0.2) is 4.98 Å². The van der Waals surface area contributed by atoms with Crippen molar-refractivity contribution < 1.29 is 0 Å². The van der Waals surface area contributed by atoms with Gasteiger partial charge in [-0.2, -0.15) is 0 Å². The lowest BCUT2D eigenvalue weighted by Crippen LogP contribution is -2.26. The predicted octanol–water partition coefficient (Wildman–Crippen LogP) is 2.58. The number of nitrogens with one attached hydrogen (secondary N) is 1. The molecule has 0 spiro atoms. The molecule has 1 aromatic rings. The lowest BCUT2D eigenvalue weighted by Gasteiger charge is -2.33. The fraction of sp³-hybridized carbons (Fsp3) is 0.727. The quantitative estimate of drug-likeness (QED) is 0.570. The molecule has 3 nitrogen and oxygen atoms in total. The maximum atomic E-state index is 5.38. The monoisotopic (exact) mass is 225 g/mol. The van der Waals surface area contributed by atoms with Crippen LogP contribution >= 0.6 is 11.3 Å². The molecule has 0 radical (unpaired) electrons. The van der Waals surface area contributed by atoms with E-state index in [9.17, 15) is 0 Å². The maximum absolute atomic E-state index is 5.38. The molecule has 1 atom stereocenters. The summed E-state index contributed by atoms with van der Waals surface area (Å²) in [6.45, 7) is 6.98. The number of aryl methyl sites for hydroxylation is 1. The molecule has 0 saturated carbocycles. The number of anilines is 1. The number of rotatable bonds is 1. The van der Waals surface area contributed by atoms with E-state index in [2.05, 4.69) is 31.2 Å². The summed E-state index contributed by atoms with van der Waals surface area (Å²) >= 11 is 1.71. The molecule has 0 aromatic carbocycles. The molecule has 0 amide bonds. The lowest BCUT2D eigenvalue weighted by molar-refractivity contribution is 0.217. The number of thiazole rings is 1. The second-order valence-electron chi connectivity index (χ2n) is 5.34. The SMILES string of the molecule is CC(C)(C)C1CCc2nc(NN)sc2C1. The van der Waals surface area contributed by atoms with Crippen LogP contribution in [0, 0.1) is 11.3 Å². The van der Waals surface area contributed by atoms with Gasteiger partial charge in [0.1, 0.15) is 0 Å². The van der Waals surface area contributed by atoms with E-state index in [-0.39, 0.29) is 0 Å². The smallest absolute Gasteiger partial charge is 0.197 e. The second kappa shape index (κ2) is 3.76. The third kappa shape index (κ3) is 2.16. The summed E-state index contributed by atoms with van der Waals surface area (Å²) in [6, 6.07) is 0. The van der Waals surface area contributed by atoms with Crippen molar-refractivity contribution in [1.29, 1.82) is 0 Å². The topological polar surface area (TPSA) is 50.9 Å². The van der Waals surface area contributed by atoms with Crippen LogP contribution < -0.4 is 11.3 Å². The third-order valence-electron chi connectivity index (χ3n) is 3.29. The molecule has 1 aromatic heterocycles. The molecule has 15 heavy (non-hydrogen) atoms. The molecule has 1 heterocycles. The Kier molecular flexibility index (Phi) is 2.73. The van der Waals surface area contributed by atoms with Gasteiger partial charge >= 0.3 is 0 Å². The number of hydrazine groups is 1. The number of fused-ring (bicyclic) bond motifs is 1. The van der Waals surface area contributed by atoms with Crippen molar-refractivity contribution in [3.63, 3.8) is 0 Å². The summed E-state index contributed by atoms with van der Waals surface area (Å²) in [5, 5.41) is 0.856. The Morgan fingerprint density at radius 2 is 2.20 bits per heavy atom. The van der Waals surface area contributed by atoms with Crippen LogP contribution in [0.25, 0.3) is 0 Å². The molecule has 0 fully saturated rings. The molecule has 1 unspecified atom stereocenters. The zero-order chi connectivity index (χ0) is 11.1. The molecule has 0 saturated heterocycles. The number of nitrogens with two attached hydrogens (primary N) is 1. The van der Waals surface area contributed by atoms with Crippen molar-refractivity contribution >= 4 is 16.5 Å². The van der Waals surface area contributed by atoms with Crippen molar-refractivity contribution in [2.45, 2.75) is 40.0 Å². The Balaban J connectivity index is 2.19. The zero-order valence-electron chi connectivity index (χ0n) is 9.63. The van der Waals surface area contributed by atoms with Gasteiger partial charge in [-0.05, 0) is 30.6 Å². The maximum Gasteiger partial charge on any atom is 0.197 e. The van der Waals surface area contributed by atoms with Gasteiger partial charge in [0.25, 0.3) is 0 Å². The molecule has 84 valence electrons. The number of nitrogens with zero attached hydrogens (tertiary/aromatic N) is 1. The lowest BCUT2D eigenvalue weighted by atomic mass is 9.73. The first-order valence-electron chi connectivity index (χ1n) is 5.46. The van der Waals surface area contributed by atoms with Crippen LogP contribution in [0.5, 0.6) is 0 Å². The van der Waals surface area contributed by atoms with Crippen molar-refractivity contribution in [2.75, 3.05) is 5.43 Å². The third-order valence-corrected chi connectivity index (χ3v) is 4.34. The van der Waals surface area contributed by atoms with Crippen LogP contribution in [0.3, 0.4) is 0 Å². The Hall–Kier alpha value is -0.610. The molecule has 4 heteroatoms. The van der Waals surface area contributed by atoms with Gasteiger partial charge in [-0.1, -0.05) is 20.8 Å². The minimum atomic E-state index is 0.401. The average molecular weight is 225 g/mol. The van der Waals surface area contributed by atoms with Gasteiger partial charge in [-0.25, -0.2) is 10.8 Å². The molecule has 1 aliphatic rings. The first-order valence-corrected chi connectivity index (χ1v) is 6.27. The molecule has 3 N–H and O–H groups in total. The summed E-state index contributed by atoms with van der Waals surface area (Å²) < 4.78 is 0. The summed E-state index contributed by atoms with van der Waals surface area (Å²) in [4.78, 5) is 5.89. The highest BCUT2D eigenvalue weighted by molar-refractivity contribution is 7.15. The van der Waals surface area contributed by atoms with Crippen molar-refractivity contribution in [1.82, 2.24) is 4.98 Å². The van der Waals surface area contributed by atoms with Crippen LogP contribution in [0.2, 0.25) is 0 Å². The van der Waals surface area contributed by atoms with Gasteiger partial charge in [0.2, 0.25) is 0 Å². The minimum absolute atomic E-state index is 0.401. The molecular formula is C11H19N3S. The van der Waals surface area contributed by atoms with Crippen LogP contribution in [0.15, 0.2) is 0 Å². The predicted molar refractivity (Wildman–Crippen MR) is 64.9 cm³/mol. The summed E-state index contributed by atoms with van der Waals surface area (Å²) in [7, 11) is 0. The van der Waals surface area contributed by atoms with Crippen LogP contribution in [-0.2, 0) is 12.8 Å². The Labute approximate surface area is 95.1 Å². The van der Waals surface area contributed by atoms with E-state index < -0.39 is 0 Å². The van der Waals surface area contributed by atoms with Gasteiger partial charge in [0.15, 0.2) is 5.13 Å². The fourth-order valence-electron chi connectivity index (χ4n) is 2.18. The van der Waals surface area contributed by atoms with E-state index in [0.29, 0.717) is 5.41 Å². The average Bonchev–Trinajstić information content (AvgIpc) is 2.57. The van der Waals surface area contributed by atoms with Crippen molar-refractivity contribution in [3.8, 4) is 0 Å². The first kappa shape index (κ1) is 10.9. The molecule has 1 aliphatic carbocycles. The summed E-state index contributed by atoms with van der Waals surface area (Å²) in [5.41, 5.74) is 4.30. The van der Waals surface area contributed by atoms with Gasteiger partial charge in [0, 0.05) is 4.88 Å². The number of aromatic nitrogens is 1. The summed E-state index contributed by atoms with van der Waals surface area (Å²) in [5.74, 6) is 6.15. The highest BCUT2D eigenvalue weighted by Gasteiger charge is 2.30. The van der Waals surface area contributed by atoms with E-state index in [1.165, 1.54) is 17.0 Å². The van der Waals surface area contributed by atoms with E-state index in [1.807, 2.05) is 0 Å². The van der Waals surface area contributed by atoms with E-state index in [0.717, 1.165) is 23.9 Å². The molecule has 0 bridgehead atoms. The highest BCUT2D eigenvalue weighted by atomic mass is 32.1. The second-order valence-corrected chi connectivity index (χ2v) is 6.42. The number of nitrogen functional groups attached to an aromatic ring is 1. The fourth-order valence-corrected chi connectivity index (χ4v) is 3.17. The van der Waals surface area contributed by atoms with E-state index in [1.54, 1.807) is 11.3 Å². The largest absolute Gasteiger partial charge is 0.300 e. The first-order chi connectivity index (χ1) is 7.00.